The van der Waals surface area contributed by atoms with Gasteiger partial charge in [0, 0.05) is 11.6 Å². The average molecular weight is 297 g/mol. The minimum Gasteiger partial charge on any atom is -0.226 e. The molecule has 0 aliphatic rings. The predicted molar refractivity (Wildman–Crippen MR) is 55.1 cm³/mol. The number of hydrogen-bond acceptors (Lipinski definition) is 3. The highest BCUT2D eigenvalue weighted by Gasteiger charge is 2.00. The van der Waals surface area contributed by atoms with Gasteiger partial charge < -0.3 is 0 Å². The molecule has 0 unspecified atom stereocenters. The van der Waals surface area contributed by atoms with Gasteiger partial charge in [-0.2, -0.15) is 0 Å². The molecule has 0 fully saturated rings. The van der Waals surface area contributed by atoms with Crippen LogP contribution >= 0.6 is 45.5 Å². The van der Waals surface area contributed by atoms with Gasteiger partial charge in [0.2, 0.25) is 5.28 Å². The van der Waals surface area contributed by atoms with E-state index in [1.165, 1.54) is 2.88 Å². The van der Waals surface area contributed by atoms with Crippen LogP contribution in [0.5, 0.6) is 0 Å². The maximum Gasteiger partial charge on any atom is 0.223 e. The molecule has 2 nitrogen and oxygen atoms in total. The first kappa shape index (κ1) is 7.70. The predicted octanol–water partition coefficient (Wildman–Crippen LogP) is 2.95. The van der Waals surface area contributed by atoms with Gasteiger partial charge >= 0.3 is 0 Å². The summed E-state index contributed by atoms with van der Waals surface area (Å²) in [6, 6.07) is 2.04. The number of rotatable bonds is 0. The highest BCUT2D eigenvalue weighted by Crippen LogP contribution is 2.24. The molecule has 0 aromatic carbocycles. The summed E-state index contributed by atoms with van der Waals surface area (Å²) in [5.74, 6) is 0. The third-order valence-corrected chi connectivity index (χ3v) is 3.20. The van der Waals surface area contributed by atoms with Crippen molar-refractivity contribution in [2.75, 3.05) is 0 Å². The van der Waals surface area contributed by atoms with Crippen LogP contribution in [0.4, 0.5) is 0 Å². The molecule has 0 amide bonds. The van der Waals surface area contributed by atoms with E-state index in [-0.39, 0.29) is 0 Å². The van der Waals surface area contributed by atoms with Crippen molar-refractivity contribution in [3.05, 3.63) is 20.4 Å². The number of aromatic nitrogens is 2. The fourth-order valence-corrected chi connectivity index (χ4v) is 2.66. The number of halogens is 2. The first-order valence-electron chi connectivity index (χ1n) is 2.83. The molecule has 0 N–H and O–H groups in total. The quantitative estimate of drug-likeness (QED) is 0.552. The van der Waals surface area contributed by atoms with E-state index in [1.54, 1.807) is 17.5 Å². The zero-order chi connectivity index (χ0) is 7.84. The Labute approximate surface area is 85.8 Å². The molecule has 2 aromatic rings. The van der Waals surface area contributed by atoms with Crippen molar-refractivity contribution in [2.45, 2.75) is 0 Å². The van der Waals surface area contributed by atoms with Gasteiger partial charge in [-0.25, -0.2) is 9.97 Å². The average Bonchev–Trinajstić information content (AvgIpc) is 2.27. The van der Waals surface area contributed by atoms with Crippen molar-refractivity contribution >= 4 is 55.7 Å². The van der Waals surface area contributed by atoms with Crippen LogP contribution in [0.2, 0.25) is 5.28 Å². The van der Waals surface area contributed by atoms with Gasteiger partial charge in [-0.05, 0) is 40.3 Å². The SMILES string of the molecule is Clc1ncc2cc(I)sc2n1. The molecule has 11 heavy (non-hydrogen) atoms. The standard InChI is InChI=1S/C6H2ClIN2S/c7-6-9-2-3-1-4(8)11-5(3)10-6/h1-2H. The Hall–Kier alpha value is 0.0600. The number of thiophene rings is 1. The summed E-state index contributed by atoms with van der Waals surface area (Å²) in [4.78, 5) is 8.90. The first-order valence-corrected chi connectivity index (χ1v) is 5.10. The van der Waals surface area contributed by atoms with Crippen molar-refractivity contribution < 1.29 is 0 Å². The van der Waals surface area contributed by atoms with Gasteiger partial charge in [-0.3, -0.25) is 0 Å². The van der Waals surface area contributed by atoms with Crippen LogP contribution in [0, 0.1) is 2.88 Å². The van der Waals surface area contributed by atoms with Crippen LogP contribution in [0.3, 0.4) is 0 Å². The number of fused-ring (bicyclic) bond motifs is 1. The molecule has 0 spiro atoms. The van der Waals surface area contributed by atoms with Gasteiger partial charge in [0.1, 0.15) is 4.83 Å². The normalized spacial score (nSPS) is 10.7. The zero-order valence-corrected chi connectivity index (χ0v) is 8.94. The zero-order valence-electron chi connectivity index (χ0n) is 5.21. The Kier molecular flexibility index (Phi) is 1.98. The second-order valence-corrected chi connectivity index (χ2v) is 5.21. The minimum absolute atomic E-state index is 0.316. The summed E-state index contributed by atoms with van der Waals surface area (Å²) in [5, 5.41) is 1.37. The maximum absolute atomic E-state index is 5.61. The second kappa shape index (κ2) is 2.84. The van der Waals surface area contributed by atoms with Gasteiger partial charge in [-0.1, -0.05) is 0 Å². The molecule has 2 heterocycles. The molecular formula is C6H2ClIN2S. The fourth-order valence-electron chi connectivity index (χ4n) is 0.780. The summed E-state index contributed by atoms with van der Waals surface area (Å²) in [6.45, 7) is 0. The molecule has 5 heteroatoms. The molecule has 0 aliphatic carbocycles. The fraction of sp³-hybridized carbons (Fsp3) is 0. The van der Waals surface area contributed by atoms with Gasteiger partial charge in [0.25, 0.3) is 0 Å². The Morgan fingerprint density at radius 1 is 1.55 bits per heavy atom. The van der Waals surface area contributed by atoms with E-state index in [2.05, 4.69) is 32.6 Å². The summed E-state index contributed by atoms with van der Waals surface area (Å²) in [5.41, 5.74) is 0. The Bertz CT molecular complexity index is 400. The number of nitrogens with zero attached hydrogens (tertiary/aromatic N) is 2. The molecule has 2 aromatic heterocycles. The van der Waals surface area contributed by atoms with Crippen molar-refractivity contribution in [1.82, 2.24) is 9.97 Å². The van der Waals surface area contributed by atoms with Crippen LogP contribution in [0.15, 0.2) is 12.3 Å². The van der Waals surface area contributed by atoms with Gasteiger partial charge in [0.15, 0.2) is 0 Å². The lowest BCUT2D eigenvalue weighted by Crippen LogP contribution is -1.77. The summed E-state index contributed by atoms with van der Waals surface area (Å²) < 4.78 is 1.20. The van der Waals surface area contributed by atoms with Crippen molar-refractivity contribution in [2.24, 2.45) is 0 Å². The third-order valence-electron chi connectivity index (χ3n) is 1.21. The highest BCUT2D eigenvalue weighted by atomic mass is 127. The number of hydrogen-bond donors (Lipinski definition) is 0. The first-order chi connectivity index (χ1) is 5.25. The molecule has 0 atom stereocenters. The van der Waals surface area contributed by atoms with E-state index in [1.807, 2.05) is 6.07 Å². The van der Waals surface area contributed by atoms with Gasteiger partial charge in [0.05, 0.1) is 2.88 Å². The maximum atomic E-state index is 5.61. The molecule has 0 bridgehead atoms. The molecule has 0 saturated heterocycles. The van der Waals surface area contributed by atoms with Crippen molar-refractivity contribution in [3.63, 3.8) is 0 Å². The summed E-state index contributed by atoms with van der Waals surface area (Å²) in [6.07, 6.45) is 1.74. The lowest BCUT2D eigenvalue weighted by atomic mass is 10.4. The van der Waals surface area contributed by atoms with Crippen LogP contribution in [0.25, 0.3) is 10.2 Å². The van der Waals surface area contributed by atoms with Crippen LogP contribution in [0.1, 0.15) is 0 Å². The molecule has 0 aliphatic heterocycles. The van der Waals surface area contributed by atoms with Crippen LogP contribution < -0.4 is 0 Å². The minimum atomic E-state index is 0.316. The lowest BCUT2D eigenvalue weighted by Gasteiger charge is -1.86. The van der Waals surface area contributed by atoms with E-state index in [4.69, 9.17) is 11.6 Å². The molecule has 56 valence electrons. The Balaban J connectivity index is 2.82. The van der Waals surface area contributed by atoms with Crippen LogP contribution in [-0.2, 0) is 0 Å². The molecule has 0 saturated carbocycles. The molecular weight excluding hydrogens is 295 g/mol. The van der Waals surface area contributed by atoms with E-state index >= 15 is 0 Å². The highest BCUT2D eigenvalue weighted by molar-refractivity contribution is 14.1. The van der Waals surface area contributed by atoms with E-state index in [0.29, 0.717) is 5.28 Å². The van der Waals surface area contributed by atoms with E-state index in [9.17, 15) is 0 Å². The topological polar surface area (TPSA) is 25.8 Å². The van der Waals surface area contributed by atoms with E-state index < -0.39 is 0 Å². The Morgan fingerprint density at radius 3 is 3.18 bits per heavy atom. The monoisotopic (exact) mass is 296 g/mol. The van der Waals surface area contributed by atoms with Crippen LogP contribution in [-0.4, -0.2) is 9.97 Å². The van der Waals surface area contributed by atoms with E-state index in [0.717, 1.165) is 10.2 Å². The van der Waals surface area contributed by atoms with Crippen molar-refractivity contribution in [3.8, 4) is 0 Å². The van der Waals surface area contributed by atoms with Crippen molar-refractivity contribution in [1.29, 1.82) is 0 Å². The largest absolute Gasteiger partial charge is 0.226 e. The summed E-state index contributed by atoms with van der Waals surface area (Å²) >= 11 is 9.48. The lowest BCUT2D eigenvalue weighted by molar-refractivity contribution is 1.23. The smallest absolute Gasteiger partial charge is 0.223 e. The molecule has 0 radical (unpaired) electrons. The summed E-state index contributed by atoms with van der Waals surface area (Å²) in [7, 11) is 0. The second-order valence-electron chi connectivity index (χ2n) is 1.95. The third kappa shape index (κ3) is 1.47. The molecule has 2 rings (SSSR count). The Morgan fingerprint density at radius 2 is 2.36 bits per heavy atom. The van der Waals surface area contributed by atoms with Gasteiger partial charge in [-0.15, -0.1) is 11.3 Å².